The number of nitrogen functional groups attached to an aromatic ring is 2. The molecule has 2 heterocycles. The number of hydrogen-bond acceptors (Lipinski definition) is 7. The van der Waals surface area contributed by atoms with E-state index in [0.29, 0.717) is 0 Å². The Labute approximate surface area is 219 Å². The molecule has 2 aromatic heterocycles. The number of hydrogen-bond donors (Lipinski definition) is 2. The highest BCUT2D eigenvalue weighted by Gasteiger charge is 2.14. The Hall–Kier alpha value is -4.61. The molecule has 0 spiro atoms. The molecule has 0 fully saturated rings. The smallest absolute Gasteiger partial charge is 0.263 e. The summed E-state index contributed by atoms with van der Waals surface area (Å²) in [6, 6.07) is 28.4. The van der Waals surface area contributed by atoms with Crippen molar-refractivity contribution in [3.8, 4) is 22.9 Å². The Morgan fingerprint density at radius 1 is 1.00 bits per heavy atom. The van der Waals surface area contributed by atoms with E-state index in [0.717, 1.165) is 39.7 Å². The molecule has 0 radical (unpaired) electrons. The van der Waals surface area contributed by atoms with Crippen LogP contribution in [-0.2, 0) is 6.42 Å². The molecule has 0 saturated carbocycles. The third kappa shape index (κ3) is 5.47. The zero-order valence-corrected chi connectivity index (χ0v) is 21.4. The van der Waals surface area contributed by atoms with Gasteiger partial charge in [0.15, 0.2) is 0 Å². The minimum Gasteiger partial charge on any atom is -0.382 e. The molecular formula is C29H26N6OS. The normalized spacial score (nSPS) is 10.4. The van der Waals surface area contributed by atoms with E-state index in [9.17, 15) is 4.79 Å². The number of benzene rings is 3. The van der Waals surface area contributed by atoms with E-state index in [4.69, 9.17) is 16.7 Å². The second-order valence-electron chi connectivity index (χ2n) is 8.10. The Morgan fingerprint density at radius 2 is 1.73 bits per heavy atom. The zero-order valence-electron chi connectivity index (χ0n) is 20.6. The van der Waals surface area contributed by atoms with Crippen LogP contribution >= 0.6 is 11.8 Å². The summed E-state index contributed by atoms with van der Waals surface area (Å²) in [6.07, 6.45) is 4.15. The third-order valence-electron chi connectivity index (χ3n) is 5.86. The molecule has 8 heteroatoms. The quantitative estimate of drug-likeness (QED) is 0.310. The van der Waals surface area contributed by atoms with Crippen LogP contribution in [-0.4, -0.2) is 20.8 Å². The molecule has 5 aromatic rings. The number of anilines is 2. The number of para-hydroxylation sites is 1. The highest BCUT2D eigenvalue weighted by atomic mass is 32.2. The fourth-order valence-corrected chi connectivity index (χ4v) is 4.45. The molecule has 3 aromatic carbocycles. The predicted octanol–water partition coefficient (Wildman–Crippen LogP) is 5.45. The van der Waals surface area contributed by atoms with Crippen molar-refractivity contribution >= 4 is 34.3 Å². The fraction of sp³-hybridized carbons (Fsp3) is 0.103. The molecule has 0 unspecified atom stereocenters. The van der Waals surface area contributed by atoms with Crippen molar-refractivity contribution in [2.24, 2.45) is 0 Å². The Balaban J connectivity index is 0.000000270. The number of fused-ring (bicyclic) bond motifs is 1. The molecule has 184 valence electrons. The fourth-order valence-electron chi connectivity index (χ4n) is 4.04. The predicted molar refractivity (Wildman–Crippen MR) is 152 cm³/mol. The van der Waals surface area contributed by atoms with Gasteiger partial charge in [-0.2, -0.15) is 10.2 Å². The molecule has 4 N–H and O–H groups in total. The standard InChI is InChI=1S/C24H21NOS.C5H5N5/c1-3-19-16-18-8-7-11-22(17-12-14-21(27-2)15-13-17)23(18)24(26)25(19)20-9-5-4-6-10-20;6-1-3-2-9-5(8)10-4(3)7/h4-16H,3H2,1-2H3;2H,(H4,7,8,9,10). The first-order chi connectivity index (χ1) is 18.0. The Bertz CT molecular complexity index is 1640. The average Bonchev–Trinajstić information content (AvgIpc) is 2.93. The van der Waals surface area contributed by atoms with Gasteiger partial charge in [-0.15, -0.1) is 11.8 Å². The van der Waals surface area contributed by atoms with Crippen LogP contribution in [0.4, 0.5) is 11.8 Å². The second kappa shape index (κ2) is 11.4. The maximum Gasteiger partial charge on any atom is 0.263 e. The number of rotatable bonds is 4. The first kappa shape index (κ1) is 25.5. The van der Waals surface area contributed by atoms with Crippen LogP contribution < -0.4 is 17.0 Å². The summed E-state index contributed by atoms with van der Waals surface area (Å²) in [5.74, 6) is 0.200. The molecule has 7 nitrogen and oxygen atoms in total. The minimum absolute atomic E-state index is 0.0418. The van der Waals surface area contributed by atoms with Crippen molar-refractivity contribution in [1.29, 1.82) is 5.26 Å². The molecule has 0 bridgehead atoms. The van der Waals surface area contributed by atoms with Crippen LogP contribution in [0.25, 0.3) is 27.6 Å². The molecule has 0 aliphatic rings. The maximum absolute atomic E-state index is 13.6. The van der Waals surface area contributed by atoms with Gasteiger partial charge in [0.05, 0.1) is 11.6 Å². The highest BCUT2D eigenvalue weighted by molar-refractivity contribution is 7.98. The monoisotopic (exact) mass is 506 g/mol. The number of nitrogens with zero attached hydrogens (tertiary/aromatic N) is 4. The second-order valence-corrected chi connectivity index (χ2v) is 8.98. The molecule has 0 aliphatic heterocycles. The molecule has 37 heavy (non-hydrogen) atoms. The third-order valence-corrected chi connectivity index (χ3v) is 6.60. The number of nitrogens with two attached hydrogens (primary N) is 2. The SMILES string of the molecule is CCc1cc2cccc(-c3ccc(SC)cc3)c2c(=O)n1-c1ccccc1.N#Cc1cnc(N)nc1N. The highest BCUT2D eigenvalue weighted by Crippen LogP contribution is 2.29. The molecule has 0 aliphatic carbocycles. The van der Waals surface area contributed by atoms with E-state index >= 15 is 0 Å². The van der Waals surface area contributed by atoms with Crippen LogP contribution in [0.1, 0.15) is 18.2 Å². The first-order valence-corrected chi connectivity index (χ1v) is 12.8. The maximum atomic E-state index is 13.6. The van der Waals surface area contributed by atoms with Crippen molar-refractivity contribution < 1.29 is 0 Å². The number of thioether (sulfide) groups is 1. The average molecular weight is 507 g/mol. The lowest BCUT2D eigenvalue weighted by molar-refractivity contribution is 0.889. The van der Waals surface area contributed by atoms with Crippen LogP contribution in [0.2, 0.25) is 0 Å². The van der Waals surface area contributed by atoms with E-state index in [1.54, 1.807) is 11.8 Å². The topological polar surface area (TPSA) is 124 Å². The Kier molecular flexibility index (Phi) is 7.86. The lowest BCUT2D eigenvalue weighted by Crippen LogP contribution is -2.22. The number of aryl methyl sites for hydroxylation is 1. The van der Waals surface area contributed by atoms with Gasteiger partial charge >= 0.3 is 0 Å². The first-order valence-electron chi connectivity index (χ1n) is 11.6. The largest absolute Gasteiger partial charge is 0.382 e. The molecule has 0 atom stereocenters. The van der Waals surface area contributed by atoms with Crippen LogP contribution in [0.5, 0.6) is 0 Å². The van der Waals surface area contributed by atoms with E-state index in [1.807, 2.05) is 59.2 Å². The molecular weight excluding hydrogens is 480 g/mol. The van der Waals surface area contributed by atoms with Gasteiger partial charge < -0.3 is 11.5 Å². The lowest BCUT2D eigenvalue weighted by atomic mass is 9.98. The number of aromatic nitrogens is 3. The van der Waals surface area contributed by atoms with Crippen molar-refractivity contribution in [3.05, 3.63) is 107 Å². The van der Waals surface area contributed by atoms with Crippen LogP contribution in [0, 0.1) is 11.3 Å². The lowest BCUT2D eigenvalue weighted by Gasteiger charge is -2.15. The van der Waals surface area contributed by atoms with Gasteiger partial charge in [-0.1, -0.05) is 55.5 Å². The Morgan fingerprint density at radius 3 is 2.35 bits per heavy atom. The summed E-state index contributed by atoms with van der Waals surface area (Å²) in [7, 11) is 0. The number of pyridine rings is 1. The van der Waals surface area contributed by atoms with Gasteiger partial charge in [0.2, 0.25) is 5.95 Å². The van der Waals surface area contributed by atoms with E-state index in [2.05, 4.69) is 53.5 Å². The van der Waals surface area contributed by atoms with Crippen molar-refractivity contribution in [2.45, 2.75) is 18.2 Å². The van der Waals surface area contributed by atoms with Gasteiger partial charge in [-0.25, -0.2) is 4.98 Å². The van der Waals surface area contributed by atoms with Crippen molar-refractivity contribution in [2.75, 3.05) is 17.7 Å². The van der Waals surface area contributed by atoms with Gasteiger partial charge in [0, 0.05) is 16.3 Å². The van der Waals surface area contributed by atoms with Crippen LogP contribution in [0.3, 0.4) is 0 Å². The molecule has 5 rings (SSSR count). The molecule has 0 amide bonds. The van der Waals surface area contributed by atoms with Gasteiger partial charge in [0.25, 0.3) is 5.56 Å². The summed E-state index contributed by atoms with van der Waals surface area (Å²) >= 11 is 1.72. The van der Waals surface area contributed by atoms with Gasteiger partial charge in [0.1, 0.15) is 17.5 Å². The van der Waals surface area contributed by atoms with Gasteiger partial charge in [-0.05, 0) is 59.5 Å². The summed E-state index contributed by atoms with van der Waals surface area (Å²) in [4.78, 5) is 21.9. The van der Waals surface area contributed by atoms with E-state index < -0.39 is 0 Å². The summed E-state index contributed by atoms with van der Waals surface area (Å²) in [6.45, 7) is 2.09. The number of nitriles is 1. The van der Waals surface area contributed by atoms with Crippen LogP contribution in [0.15, 0.2) is 94.7 Å². The van der Waals surface area contributed by atoms with Crippen molar-refractivity contribution in [1.82, 2.24) is 14.5 Å². The summed E-state index contributed by atoms with van der Waals surface area (Å²) in [5, 5.41) is 10.1. The summed E-state index contributed by atoms with van der Waals surface area (Å²) < 4.78 is 1.85. The molecule has 0 saturated heterocycles. The van der Waals surface area contributed by atoms with E-state index in [1.165, 1.54) is 11.1 Å². The van der Waals surface area contributed by atoms with Gasteiger partial charge in [-0.3, -0.25) is 9.36 Å². The zero-order chi connectivity index (χ0) is 26.4. The minimum atomic E-state index is 0.0418. The summed E-state index contributed by atoms with van der Waals surface area (Å²) in [5.41, 5.74) is 14.7. The van der Waals surface area contributed by atoms with E-state index in [-0.39, 0.29) is 22.9 Å². The van der Waals surface area contributed by atoms with Crippen molar-refractivity contribution in [3.63, 3.8) is 0 Å².